The molecule has 2 aromatic carbocycles. The Morgan fingerprint density at radius 1 is 0.760 bits per heavy atom. The first-order valence-corrected chi connectivity index (χ1v) is 8.56. The number of benzene rings is 2. The van der Waals surface area contributed by atoms with E-state index in [1.54, 1.807) is 30.5 Å². The van der Waals surface area contributed by atoms with Crippen LogP contribution in [0.4, 0.5) is 0 Å². The van der Waals surface area contributed by atoms with Crippen molar-refractivity contribution in [1.82, 2.24) is 0 Å². The van der Waals surface area contributed by atoms with Gasteiger partial charge in [-0.25, -0.2) is 0 Å². The molecule has 0 radical (unpaired) electrons. The van der Waals surface area contributed by atoms with E-state index in [2.05, 4.69) is 24.7 Å². The third kappa shape index (κ3) is 21.1. The molecule has 136 valence electrons. The SMILES string of the molecule is C#COc1ccccc1.CC.CC.CCC.N#COc1ccccc1. The van der Waals surface area contributed by atoms with E-state index in [1.165, 1.54) is 6.42 Å². The Kier molecular flexibility index (Phi) is 28.1. The number of hydrogen-bond acceptors (Lipinski definition) is 3. The summed E-state index contributed by atoms with van der Waals surface area (Å²) in [6, 6.07) is 18.2. The van der Waals surface area contributed by atoms with Crippen molar-refractivity contribution in [2.24, 2.45) is 0 Å². The Bertz CT molecular complexity index is 488. The van der Waals surface area contributed by atoms with Crippen molar-refractivity contribution in [2.45, 2.75) is 48.0 Å². The molecule has 0 saturated carbocycles. The number of rotatable bonds is 2. The second kappa shape index (κ2) is 26.0. The van der Waals surface area contributed by atoms with E-state index < -0.39 is 0 Å². The molecule has 0 heterocycles. The highest BCUT2D eigenvalue weighted by Crippen LogP contribution is 2.07. The molecule has 0 aliphatic rings. The zero-order chi connectivity index (χ0) is 19.8. The largest absolute Gasteiger partial charge is 0.408 e. The van der Waals surface area contributed by atoms with Crippen LogP contribution in [0, 0.1) is 24.0 Å². The predicted molar refractivity (Wildman–Crippen MR) is 107 cm³/mol. The van der Waals surface area contributed by atoms with Gasteiger partial charge in [0.05, 0.1) is 0 Å². The molecule has 2 rings (SSSR count). The number of ether oxygens (including phenoxy) is 2. The summed E-state index contributed by atoms with van der Waals surface area (Å²) in [5.74, 6) is 1.29. The lowest BCUT2D eigenvalue weighted by atomic mass is 10.3. The average Bonchev–Trinajstić information content (AvgIpc) is 2.68. The Morgan fingerprint density at radius 2 is 1.08 bits per heavy atom. The number of terminal acetylenes is 1. The lowest BCUT2D eigenvalue weighted by molar-refractivity contribution is 0.507. The Balaban J connectivity index is -0.000000287. The minimum atomic E-state index is 0.583. The van der Waals surface area contributed by atoms with Gasteiger partial charge in [-0.05, 0) is 24.3 Å². The highest BCUT2D eigenvalue weighted by atomic mass is 16.5. The molecule has 3 nitrogen and oxygen atoms in total. The lowest BCUT2D eigenvalue weighted by Gasteiger charge is -1.91. The van der Waals surface area contributed by atoms with Crippen molar-refractivity contribution in [3.63, 3.8) is 0 Å². The topological polar surface area (TPSA) is 42.2 Å². The fraction of sp³-hybridized carbons (Fsp3) is 0.318. The molecule has 25 heavy (non-hydrogen) atoms. The van der Waals surface area contributed by atoms with Crippen molar-refractivity contribution < 1.29 is 9.47 Å². The second-order valence-corrected chi connectivity index (χ2v) is 3.75. The van der Waals surface area contributed by atoms with Gasteiger partial charge < -0.3 is 9.47 Å². The summed E-state index contributed by atoms with van der Waals surface area (Å²) >= 11 is 0. The van der Waals surface area contributed by atoms with Gasteiger partial charge in [0, 0.05) is 0 Å². The van der Waals surface area contributed by atoms with Crippen molar-refractivity contribution in [3.8, 4) is 30.3 Å². The maximum Gasteiger partial charge on any atom is 0.292 e. The summed E-state index contributed by atoms with van der Waals surface area (Å²) in [4.78, 5) is 0. The average molecular weight is 341 g/mol. The molecule has 0 unspecified atom stereocenters. The van der Waals surface area contributed by atoms with Gasteiger partial charge in [-0.1, -0.05) is 90.8 Å². The quantitative estimate of drug-likeness (QED) is 0.452. The molecule has 0 saturated heterocycles. The zero-order valence-electron chi connectivity index (χ0n) is 16.3. The molecule has 0 N–H and O–H groups in total. The van der Waals surface area contributed by atoms with Gasteiger partial charge >= 0.3 is 0 Å². The Morgan fingerprint density at radius 3 is 1.36 bits per heavy atom. The van der Waals surface area contributed by atoms with Crippen LogP contribution in [-0.4, -0.2) is 0 Å². The molecule has 0 fully saturated rings. The number of nitriles is 1. The van der Waals surface area contributed by atoms with E-state index in [0.717, 1.165) is 0 Å². The number of para-hydroxylation sites is 2. The second-order valence-electron chi connectivity index (χ2n) is 3.75. The smallest absolute Gasteiger partial charge is 0.292 e. The van der Waals surface area contributed by atoms with Crippen LogP contribution in [-0.2, 0) is 0 Å². The van der Waals surface area contributed by atoms with Gasteiger partial charge in [0.15, 0.2) is 0 Å². The molecule has 0 spiro atoms. The van der Waals surface area contributed by atoms with Gasteiger partial charge in [0.1, 0.15) is 17.6 Å². The fourth-order valence-corrected chi connectivity index (χ4v) is 1.10. The van der Waals surface area contributed by atoms with Crippen LogP contribution in [0.5, 0.6) is 11.5 Å². The van der Waals surface area contributed by atoms with Gasteiger partial charge in [-0.15, -0.1) is 5.26 Å². The molecule has 2 aromatic rings. The van der Waals surface area contributed by atoms with E-state index in [9.17, 15) is 0 Å². The Hall–Kier alpha value is -2.91. The maximum atomic E-state index is 8.05. The van der Waals surface area contributed by atoms with Crippen molar-refractivity contribution in [3.05, 3.63) is 60.7 Å². The maximum absolute atomic E-state index is 8.05. The molecular weight excluding hydrogens is 310 g/mol. The molecule has 0 aliphatic heterocycles. The first kappa shape index (κ1) is 27.0. The van der Waals surface area contributed by atoms with Crippen molar-refractivity contribution in [2.75, 3.05) is 0 Å². The molecule has 0 aliphatic carbocycles. The zero-order valence-corrected chi connectivity index (χ0v) is 16.3. The van der Waals surface area contributed by atoms with Gasteiger partial charge in [-0.3, -0.25) is 0 Å². The highest BCUT2D eigenvalue weighted by molar-refractivity contribution is 5.22. The van der Waals surface area contributed by atoms with Crippen LogP contribution in [0.1, 0.15) is 48.0 Å². The third-order valence-corrected chi connectivity index (χ3v) is 1.83. The first-order chi connectivity index (χ1) is 12.3. The van der Waals surface area contributed by atoms with Crippen LogP contribution in [0.3, 0.4) is 0 Å². The van der Waals surface area contributed by atoms with Crippen LogP contribution in [0.15, 0.2) is 60.7 Å². The highest BCUT2D eigenvalue weighted by Gasteiger charge is 1.84. The summed E-state index contributed by atoms with van der Waals surface area (Å²) in [6.07, 6.45) is 9.81. The van der Waals surface area contributed by atoms with E-state index in [-0.39, 0.29) is 0 Å². The summed E-state index contributed by atoms with van der Waals surface area (Å²) in [6.45, 7) is 12.2. The summed E-state index contributed by atoms with van der Waals surface area (Å²) < 4.78 is 9.25. The van der Waals surface area contributed by atoms with E-state index >= 15 is 0 Å². The van der Waals surface area contributed by atoms with E-state index in [1.807, 2.05) is 64.1 Å². The molecule has 0 aromatic heterocycles. The van der Waals surface area contributed by atoms with Crippen LogP contribution >= 0.6 is 0 Å². The van der Waals surface area contributed by atoms with Crippen LogP contribution in [0.2, 0.25) is 0 Å². The Labute approximate surface area is 154 Å². The molecule has 0 atom stereocenters. The molecular formula is C22H31NO2. The normalized spacial score (nSPS) is 6.88. The summed E-state index contributed by atoms with van der Waals surface area (Å²) in [7, 11) is 0. The third-order valence-electron chi connectivity index (χ3n) is 1.83. The molecule has 0 amide bonds. The number of nitrogens with zero attached hydrogens (tertiary/aromatic N) is 1. The van der Waals surface area contributed by atoms with Crippen LogP contribution < -0.4 is 9.47 Å². The van der Waals surface area contributed by atoms with Crippen molar-refractivity contribution in [1.29, 1.82) is 5.26 Å². The fourth-order valence-electron chi connectivity index (χ4n) is 1.10. The lowest BCUT2D eigenvalue weighted by Crippen LogP contribution is -1.78. The van der Waals surface area contributed by atoms with Crippen LogP contribution in [0.25, 0.3) is 0 Å². The van der Waals surface area contributed by atoms with Crippen molar-refractivity contribution >= 4 is 0 Å². The molecule has 3 heteroatoms. The minimum absolute atomic E-state index is 0.583. The monoisotopic (exact) mass is 341 g/mol. The van der Waals surface area contributed by atoms with Gasteiger partial charge in [0.2, 0.25) is 0 Å². The predicted octanol–water partition coefficient (Wildman–Crippen LogP) is 6.67. The first-order valence-electron chi connectivity index (χ1n) is 8.56. The van der Waals surface area contributed by atoms with Gasteiger partial charge in [0.25, 0.3) is 6.26 Å². The molecule has 0 bridgehead atoms. The van der Waals surface area contributed by atoms with E-state index in [4.69, 9.17) is 16.4 Å². The minimum Gasteiger partial charge on any atom is -0.408 e. The standard InChI is InChI=1S/C8H6O.C7H5NO.C3H8.2C2H6/c1-2-9-8-6-4-3-5-7-8;8-6-9-7-4-2-1-3-5-7;1-3-2;2*1-2/h1,3-7H;1-5H;3H2,1-2H3;2*1-2H3. The number of hydrogen-bond donors (Lipinski definition) is 0. The van der Waals surface area contributed by atoms with E-state index in [0.29, 0.717) is 11.5 Å². The summed E-state index contributed by atoms with van der Waals surface area (Å²) in [5, 5.41) is 8.05. The van der Waals surface area contributed by atoms with Gasteiger partial charge in [-0.2, -0.15) is 0 Å². The summed E-state index contributed by atoms with van der Waals surface area (Å²) in [5.41, 5.74) is 0.